The Kier molecular flexibility index (Phi) is 9.77. The SMILES string of the molecule is CCOc1ccc(S(=O)(=O)N(CC(=O)NCCCN2CCOCC2)C2CCCCC2)cc1. The van der Waals surface area contributed by atoms with Gasteiger partial charge in [0.2, 0.25) is 15.9 Å². The minimum Gasteiger partial charge on any atom is -0.494 e. The Morgan fingerprint density at radius 3 is 2.50 bits per heavy atom. The summed E-state index contributed by atoms with van der Waals surface area (Å²) < 4.78 is 39.1. The number of amides is 1. The topological polar surface area (TPSA) is 88.2 Å². The number of rotatable bonds is 11. The number of sulfonamides is 1. The van der Waals surface area contributed by atoms with Gasteiger partial charge in [-0.05, 0) is 57.0 Å². The van der Waals surface area contributed by atoms with Crippen molar-refractivity contribution in [1.29, 1.82) is 0 Å². The maximum Gasteiger partial charge on any atom is 0.243 e. The zero-order valence-corrected chi connectivity index (χ0v) is 19.9. The minimum absolute atomic E-state index is 0.139. The molecule has 2 fully saturated rings. The van der Waals surface area contributed by atoms with E-state index < -0.39 is 10.0 Å². The second-order valence-corrected chi connectivity index (χ2v) is 10.3. The van der Waals surface area contributed by atoms with Crippen LogP contribution in [0.5, 0.6) is 5.75 Å². The van der Waals surface area contributed by atoms with Crippen LogP contribution in [0.15, 0.2) is 29.2 Å². The summed E-state index contributed by atoms with van der Waals surface area (Å²) in [4.78, 5) is 15.2. The molecular formula is C23H37N3O5S. The van der Waals surface area contributed by atoms with Gasteiger partial charge in [0.1, 0.15) is 5.75 Å². The van der Waals surface area contributed by atoms with E-state index in [-0.39, 0.29) is 23.4 Å². The summed E-state index contributed by atoms with van der Waals surface area (Å²) in [5.41, 5.74) is 0. The Morgan fingerprint density at radius 1 is 1.16 bits per heavy atom. The van der Waals surface area contributed by atoms with Gasteiger partial charge in [0.15, 0.2) is 0 Å². The van der Waals surface area contributed by atoms with Gasteiger partial charge in [-0.25, -0.2) is 8.42 Å². The molecule has 1 aromatic rings. The van der Waals surface area contributed by atoms with Crippen LogP contribution in [-0.2, 0) is 19.6 Å². The fourth-order valence-corrected chi connectivity index (χ4v) is 5.98. The molecule has 180 valence electrons. The first-order chi connectivity index (χ1) is 15.5. The van der Waals surface area contributed by atoms with Crippen molar-refractivity contribution in [2.45, 2.75) is 56.4 Å². The Labute approximate surface area is 192 Å². The van der Waals surface area contributed by atoms with E-state index in [1.165, 1.54) is 4.31 Å². The molecule has 1 aliphatic heterocycles. The van der Waals surface area contributed by atoms with Gasteiger partial charge in [-0.2, -0.15) is 4.31 Å². The van der Waals surface area contributed by atoms with Crippen LogP contribution in [0.1, 0.15) is 45.4 Å². The number of morpholine rings is 1. The Hall–Kier alpha value is -1.68. The van der Waals surface area contributed by atoms with Crippen molar-refractivity contribution >= 4 is 15.9 Å². The molecule has 1 saturated heterocycles. The van der Waals surface area contributed by atoms with Crippen LogP contribution >= 0.6 is 0 Å². The van der Waals surface area contributed by atoms with Gasteiger partial charge in [-0.15, -0.1) is 0 Å². The molecule has 9 heteroatoms. The Balaban J connectivity index is 1.60. The third-order valence-electron chi connectivity index (χ3n) is 6.10. The summed E-state index contributed by atoms with van der Waals surface area (Å²) in [6.07, 6.45) is 5.51. The van der Waals surface area contributed by atoms with Gasteiger partial charge in [0.25, 0.3) is 0 Å². The van der Waals surface area contributed by atoms with Crippen molar-refractivity contribution in [3.63, 3.8) is 0 Å². The molecule has 2 aliphatic rings. The van der Waals surface area contributed by atoms with Crippen molar-refractivity contribution in [2.75, 3.05) is 52.5 Å². The van der Waals surface area contributed by atoms with Crippen LogP contribution in [0.4, 0.5) is 0 Å². The number of benzene rings is 1. The third kappa shape index (κ3) is 7.16. The Bertz CT molecular complexity index is 803. The number of ether oxygens (including phenoxy) is 2. The molecule has 1 heterocycles. The summed E-state index contributed by atoms with van der Waals surface area (Å²) >= 11 is 0. The normalized spacial score (nSPS) is 18.6. The lowest BCUT2D eigenvalue weighted by Crippen LogP contribution is -2.47. The number of nitrogens with zero attached hydrogens (tertiary/aromatic N) is 2. The largest absolute Gasteiger partial charge is 0.494 e. The van der Waals surface area contributed by atoms with Crippen LogP contribution in [0.3, 0.4) is 0 Å². The zero-order chi connectivity index (χ0) is 22.8. The van der Waals surface area contributed by atoms with Gasteiger partial charge in [-0.1, -0.05) is 19.3 Å². The van der Waals surface area contributed by atoms with Gasteiger partial charge in [-0.3, -0.25) is 9.69 Å². The first kappa shape index (κ1) is 25.0. The molecule has 1 aliphatic carbocycles. The summed E-state index contributed by atoms with van der Waals surface area (Å²) in [5.74, 6) is 0.390. The molecular weight excluding hydrogens is 430 g/mol. The number of nitrogens with one attached hydrogen (secondary N) is 1. The standard InChI is InChI=1S/C23H37N3O5S/c1-2-31-21-9-11-22(12-10-21)32(28,29)26(20-7-4-3-5-8-20)19-23(27)24-13-6-14-25-15-17-30-18-16-25/h9-12,20H,2-8,13-19H2,1H3,(H,24,27). The van der Waals surface area contributed by atoms with Gasteiger partial charge in [0.05, 0.1) is 31.3 Å². The maximum atomic E-state index is 13.5. The van der Waals surface area contributed by atoms with Gasteiger partial charge in [0, 0.05) is 25.7 Å². The average molecular weight is 468 g/mol. The second-order valence-electron chi connectivity index (χ2n) is 8.40. The van der Waals surface area contributed by atoms with E-state index in [0.29, 0.717) is 18.9 Å². The predicted molar refractivity (Wildman–Crippen MR) is 123 cm³/mol. The van der Waals surface area contributed by atoms with E-state index in [9.17, 15) is 13.2 Å². The highest BCUT2D eigenvalue weighted by Gasteiger charge is 2.34. The van der Waals surface area contributed by atoms with Crippen molar-refractivity contribution < 1.29 is 22.7 Å². The first-order valence-electron chi connectivity index (χ1n) is 11.8. The molecule has 3 rings (SSSR count). The highest BCUT2D eigenvalue weighted by molar-refractivity contribution is 7.89. The minimum atomic E-state index is -3.78. The molecule has 1 aromatic carbocycles. The number of hydrogen-bond donors (Lipinski definition) is 1. The van der Waals surface area contributed by atoms with Crippen LogP contribution in [0.2, 0.25) is 0 Å². The molecule has 0 bridgehead atoms. The van der Waals surface area contributed by atoms with E-state index >= 15 is 0 Å². The molecule has 1 amide bonds. The molecule has 0 aromatic heterocycles. The van der Waals surface area contributed by atoms with Gasteiger partial charge >= 0.3 is 0 Å². The van der Waals surface area contributed by atoms with Crippen LogP contribution in [0.25, 0.3) is 0 Å². The summed E-state index contributed by atoms with van der Waals surface area (Å²) in [5, 5.41) is 2.92. The van der Waals surface area contributed by atoms with Crippen molar-refractivity contribution in [3.8, 4) is 5.75 Å². The number of carbonyl (C=O) groups excluding carboxylic acids is 1. The molecule has 8 nitrogen and oxygen atoms in total. The lowest BCUT2D eigenvalue weighted by Gasteiger charge is -2.33. The lowest BCUT2D eigenvalue weighted by atomic mass is 9.95. The molecule has 1 N–H and O–H groups in total. The van der Waals surface area contributed by atoms with Crippen molar-refractivity contribution in [1.82, 2.24) is 14.5 Å². The van der Waals surface area contributed by atoms with Crippen LogP contribution < -0.4 is 10.1 Å². The smallest absolute Gasteiger partial charge is 0.243 e. The van der Waals surface area contributed by atoms with E-state index in [1.807, 2.05) is 6.92 Å². The monoisotopic (exact) mass is 467 g/mol. The molecule has 0 unspecified atom stereocenters. The van der Waals surface area contributed by atoms with E-state index in [4.69, 9.17) is 9.47 Å². The second kappa shape index (κ2) is 12.5. The summed E-state index contributed by atoms with van der Waals surface area (Å²) in [7, 11) is -3.78. The fraction of sp³-hybridized carbons (Fsp3) is 0.696. The molecule has 1 saturated carbocycles. The highest BCUT2D eigenvalue weighted by atomic mass is 32.2. The highest BCUT2D eigenvalue weighted by Crippen LogP contribution is 2.28. The van der Waals surface area contributed by atoms with E-state index in [0.717, 1.165) is 71.4 Å². The zero-order valence-electron chi connectivity index (χ0n) is 19.1. The number of carbonyl (C=O) groups is 1. The van der Waals surface area contributed by atoms with E-state index in [2.05, 4.69) is 10.2 Å². The Morgan fingerprint density at radius 2 is 1.84 bits per heavy atom. The molecule has 32 heavy (non-hydrogen) atoms. The molecule has 0 spiro atoms. The van der Waals surface area contributed by atoms with Crippen molar-refractivity contribution in [3.05, 3.63) is 24.3 Å². The fourth-order valence-electron chi connectivity index (χ4n) is 4.34. The van der Waals surface area contributed by atoms with Crippen molar-refractivity contribution in [2.24, 2.45) is 0 Å². The van der Waals surface area contributed by atoms with Gasteiger partial charge < -0.3 is 14.8 Å². The average Bonchev–Trinajstić information content (AvgIpc) is 2.82. The summed E-state index contributed by atoms with van der Waals surface area (Å²) in [6.45, 7) is 7.06. The van der Waals surface area contributed by atoms with Crippen LogP contribution in [0, 0.1) is 0 Å². The van der Waals surface area contributed by atoms with E-state index in [1.54, 1.807) is 24.3 Å². The lowest BCUT2D eigenvalue weighted by molar-refractivity contribution is -0.121. The quantitative estimate of drug-likeness (QED) is 0.502. The third-order valence-corrected chi connectivity index (χ3v) is 8.01. The molecule has 0 radical (unpaired) electrons. The molecule has 0 atom stereocenters. The number of hydrogen-bond acceptors (Lipinski definition) is 6. The predicted octanol–water partition coefficient (Wildman–Crippen LogP) is 2.25. The van der Waals surface area contributed by atoms with Crippen LogP contribution in [-0.4, -0.2) is 82.1 Å². The maximum absolute atomic E-state index is 13.5. The summed E-state index contributed by atoms with van der Waals surface area (Å²) in [6, 6.07) is 6.33. The first-order valence-corrected chi connectivity index (χ1v) is 13.3.